The molecule has 3 aromatic rings. The second-order valence-corrected chi connectivity index (χ2v) is 15.5. The van der Waals surface area contributed by atoms with Crippen LogP contribution in [0.4, 0.5) is 0 Å². The van der Waals surface area contributed by atoms with Crippen LogP contribution < -0.4 is 0 Å². The monoisotopic (exact) mass is 598 g/mol. The Bertz CT molecular complexity index is 1250. The van der Waals surface area contributed by atoms with Gasteiger partial charge in [-0.25, -0.2) is 0 Å². The van der Waals surface area contributed by atoms with Gasteiger partial charge in [0.15, 0.2) is 0 Å². The molecule has 40 heavy (non-hydrogen) atoms. The van der Waals surface area contributed by atoms with Gasteiger partial charge in [0.05, 0.1) is 0 Å². The zero-order chi connectivity index (χ0) is 30.6. The summed E-state index contributed by atoms with van der Waals surface area (Å²) in [5.74, 6) is 0.600. The molecular formula is C34H46O3S3. The van der Waals surface area contributed by atoms with E-state index in [1.54, 1.807) is 18.2 Å². The zero-order valence-corrected chi connectivity index (χ0v) is 28.2. The number of phenolic OH excluding ortho intramolecular Hbond substituents is 3. The predicted molar refractivity (Wildman–Crippen MR) is 177 cm³/mol. The first-order valence-corrected chi connectivity index (χ1v) is 15.2. The molecule has 0 amide bonds. The molecule has 0 aliphatic heterocycles. The number of aromatic hydroxyl groups is 3. The first-order valence-electron chi connectivity index (χ1n) is 13.9. The molecule has 3 rings (SSSR count). The highest BCUT2D eigenvalue weighted by atomic mass is 32.1. The van der Waals surface area contributed by atoms with Crippen LogP contribution in [0.5, 0.6) is 17.2 Å². The summed E-state index contributed by atoms with van der Waals surface area (Å²) in [4.78, 5) is 1.94. The minimum atomic E-state index is -0.810. The van der Waals surface area contributed by atoms with E-state index in [1.165, 1.54) is 0 Å². The van der Waals surface area contributed by atoms with Crippen molar-refractivity contribution < 1.29 is 15.3 Å². The van der Waals surface area contributed by atoms with Gasteiger partial charge in [0.1, 0.15) is 17.2 Å². The molecule has 0 atom stereocenters. The maximum atomic E-state index is 11.0. The lowest BCUT2D eigenvalue weighted by Crippen LogP contribution is -2.33. The van der Waals surface area contributed by atoms with Crippen LogP contribution in [0.1, 0.15) is 115 Å². The van der Waals surface area contributed by atoms with Crippen molar-refractivity contribution in [3.05, 3.63) is 69.8 Å². The Morgan fingerprint density at radius 1 is 0.475 bits per heavy atom. The quantitative estimate of drug-likeness (QED) is 0.131. The van der Waals surface area contributed by atoms with E-state index in [0.717, 1.165) is 39.8 Å². The van der Waals surface area contributed by atoms with Crippen LogP contribution in [0.25, 0.3) is 0 Å². The summed E-state index contributed by atoms with van der Waals surface area (Å²) >= 11 is 14.9. The third kappa shape index (κ3) is 6.00. The van der Waals surface area contributed by atoms with Crippen LogP contribution in [0.15, 0.2) is 51.1 Å². The van der Waals surface area contributed by atoms with Gasteiger partial charge in [0.25, 0.3) is 0 Å². The molecule has 3 nitrogen and oxygen atoms in total. The molecule has 0 radical (unpaired) electrons. The highest BCUT2D eigenvalue weighted by Crippen LogP contribution is 2.53. The van der Waals surface area contributed by atoms with E-state index >= 15 is 0 Å². The molecule has 0 unspecified atom stereocenters. The molecule has 0 saturated heterocycles. The van der Waals surface area contributed by atoms with Crippen LogP contribution in [0.3, 0.4) is 0 Å². The highest BCUT2D eigenvalue weighted by Gasteiger charge is 2.43. The van der Waals surface area contributed by atoms with E-state index < -0.39 is 5.41 Å². The van der Waals surface area contributed by atoms with E-state index in [4.69, 9.17) is 37.9 Å². The molecule has 0 aliphatic rings. The maximum Gasteiger partial charge on any atom is 0.120 e. The summed E-state index contributed by atoms with van der Waals surface area (Å²) in [7, 11) is 0. The summed E-state index contributed by atoms with van der Waals surface area (Å²) in [6.07, 6.45) is 1.50. The molecule has 0 aliphatic carbocycles. The Labute approximate surface area is 257 Å². The van der Waals surface area contributed by atoms with Gasteiger partial charge in [-0.15, -0.1) is 37.9 Å². The average Bonchev–Trinajstić information content (AvgIpc) is 2.75. The molecular weight excluding hydrogens is 553 g/mol. The van der Waals surface area contributed by atoms with Crippen LogP contribution >= 0.6 is 37.9 Å². The van der Waals surface area contributed by atoms with Crippen molar-refractivity contribution in [2.24, 2.45) is 0 Å². The molecule has 0 aromatic heterocycles. The van der Waals surface area contributed by atoms with Crippen LogP contribution in [-0.2, 0) is 21.7 Å². The predicted octanol–water partition coefficient (Wildman–Crippen LogP) is 9.70. The smallest absolute Gasteiger partial charge is 0.120 e. The lowest BCUT2D eigenvalue weighted by Gasteiger charge is -2.41. The Kier molecular flexibility index (Phi) is 9.03. The third-order valence-electron chi connectivity index (χ3n) is 7.77. The molecule has 0 bridgehead atoms. The van der Waals surface area contributed by atoms with Gasteiger partial charge >= 0.3 is 0 Å². The van der Waals surface area contributed by atoms with E-state index in [0.29, 0.717) is 21.1 Å². The fraction of sp³-hybridized carbons (Fsp3) is 0.471. The lowest BCUT2D eigenvalue weighted by atomic mass is 9.64. The van der Waals surface area contributed by atoms with E-state index in [-0.39, 0.29) is 33.5 Å². The summed E-state index contributed by atoms with van der Waals surface area (Å²) < 4.78 is 0. The Morgan fingerprint density at radius 3 is 0.925 bits per heavy atom. The number of benzene rings is 3. The topological polar surface area (TPSA) is 60.7 Å². The SMILES string of the molecule is CCCC(c1cc(C(C)(C)C)c(O)cc1S)(c1cc(C(C)(C)C)c(O)cc1S)c1cc(C(C)(C)C)c(O)cc1S. The van der Waals surface area contributed by atoms with Crippen molar-refractivity contribution in [1.82, 2.24) is 0 Å². The van der Waals surface area contributed by atoms with Crippen LogP contribution in [0, 0.1) is 0 Å². The van der Waals surface area contributed by atoms with Crippen molar-refractivity contribution in [3.63, 3.8) is 0 Å². The van der Waals surface area contributed by atoms with Crippen molar-refractivity contribution >= 4 is 37.9 Å². The Morgan fingerprint density at radius 2 is 0.725 bits per heavy atom. The van der Waals surface area contributed by atoms with E-state index in [9.17, 15) is 15.3 Å². The summed E-state index contributed by atoms with van der Waals surface area (Å²) in [6.45, 7) is 20.9. The molecule has 3 aromatic carbocycles. The van der Waals surface area contributed by atoms with Crippen molar-refractivity contribution in [3.8, 4) is 17.2 Å². The van der Waals surface area contributed by atoms with Gasteiger partial charge in [-0.2, -0.15) is 0 Å². The Balaban J connectivity index is 2.70. The first kappa shape index (κ1) is 32.6. The standard InChI is InChI=1S/C34H46O3S3/c1-11-12-34(22-13-19(31(2,3)4)25(35)16-28(22)38,23-14-20(32(5,6)7)26(36)17-29(23)39)24-15-21(33(8,9)10)27(37)18-30(24)40/h13-18,35-40H,11-12H2,1-10H3. The van der Waals surface area contributed by atoms with Gasteiger partial charge in [-0.05, 0) is 92.4 Å². The summed E-state index contributed by atoms with van der Waals surface area (Å²) in [5.41, 5.74) is 3.39. The van der Waals surface area contributed by atoms with E-state index in [1.807, 2.05) is 0 Å². The molecule has 0 fully saturated rings. The molecule has 0 heterocycles. The Hall–Kier alpha value is -1.89. The second-order valence-electron chi connectivity index (χ2n) is 14.1. The minimum Gasteiger partial charge on any atom is -0.508 e. The second kappa shape index (κ2) is 11.1. The van der Waals surface area contributed by atoms with Crippen LogP contribution in [-0.4, -0.2) is 15.3 Å². The molecule has 218 valence electrons. The fourth-order valence-corrected chi connectivity index (χ4v) is 6.91. The van der Waals surface area contributed by atoms with Gasteiger partial charge in [0, 0.05) is 20.1 Å². The van der Waals surface area contributed by atoms with Gasteiger partial charge in [-0.1, -0.05) is 75.7 Å². The molecule has 6 heteroatoms. The number of hydrogen-bond acceptors (Lipinski definition) is 6. The normalized spacial score (nSPS) is 13.1. The summed E-state index contributed by atoms with van der Waals surface area (Å²) in [5, 5.41) is 33.1. The number of phenols is 3. The highest BCUT2D eigenvalue weighted by molar-refractivity contribution is 7.80. The minimum absolute atomic E-state index is 0.200. The number of hydrogen-bond donors (Lipinski definition) is 6. The lowest BCUT2D eigenvalue weighted by molar-refractivity contribution is 0.434. The van der Waals surface area contributed by atoms with Crippen LogP contribution in [0.2, 0.25) is 0 Å². The van der Waals surface area contributed by atoms with Crippen molar-refractivity contribution in [2.75, 3.05) is 0 Å². The van der Waals surface area contributed by atoms with Crippen molar-refractivity contribution in [2.45, 2.75) is 118 Å². The number of rotatable bonds is 5. The van der Waals surface area contributed by atoms with Gasteiger partial charge in [0.2, 0.25) is 0 Å². The third-order valence-corrected chi connectivity index (χ3v) is 8.88. The average molecular weight is 599 g/mol. The fourth-order valence-electron chi connectivity index (χ4n) is 5.77. The molecule has 0 spiro atoms. The van der Waals surface area contributed by atoms with Gasteiger partial charge in [-0.3, -0.25) is 0 Å². The van der Waals surface area contributed by atoms with E-state index in [2.05, 4.69) is 87.4 Å². The first-order chi connectivity index (χ1) is 18.2. The molecule has 3 N–H and O–H groups in total. The summed E-state index contributed by atoms with van der Waals surface area (Å²) in [6, 6.07) is 11.4. The largest absolute Gasteiger partial charge is 0.508 e. The van der Waals surface area contributed by atoms with Crippen molar-refractivity contribution in [1.29, 1.82) is 0 Å². The molecule has 0 saturated carbocycles. The zero-order valence-electron chi connectivity index (χ0n) is 25.6. The number of thiol groups is 3. The van der Waals surface area contributed by atoms with Gasteiger partial charge < -0.3 is 15.3 Å². The maximum absolute atomic E-state index is 11.0.